The van der Waals surface area contributed by atoms with Crippen molar-refractivity contribution in [1.29, 1.82) is 0 Å². The molecule has 0 atom stereocenters. The van der Waals surface area contributed by atoms with Gasteiger partial charge in [0, 0.05) is 12.2 Å². The molecule has 2 rings (SSSR count). The van der Waals surface area contributed by atoms with E-state index in [1.54, 1.807) is 38.1 Å². The summed E-state index contributed by atoms with van der Waals surface area (Å²) < 4.78 is 50.0. The van der Waals surface area contributed by atoms with Crippen molar-refractivity contribution in [2.24, 2.45) is 0 Å². The lowest BCUT2D eigenvalue weighted by Crippen LogP contribution is -2.16. The smallest absolute Gasteiger partial charge is 0.159 e. The van der Waals surface area contributed by atoms with Crippen LogP contribution in [0.1, 0.15) is 25.0 Å². The maximum atomic E-state index is 13.2. The maximum absolute atomic E-state index is 13.2. The third kappa shape index (κ3) is 4.76. The quantitative estimate of drug-likeness (QED) is 0.868. The van der Waals surface area contributed by atoms with Crippen molar-refractivity contribution < 1.29 is 17.2 Å². The van der Waals surface area contributed by atoms with Crippen molar-refractivity contribution in [2.45, 2.75) is 31.4 Å². The molecule has 1 N–H and O–H groups in total. The van der Waals surface area contributed by atoms with E-state index in [0.717, 1.165) is 17.8 Å². The standard InChI is InChI=1S/C17H19F2NO2S/c1-12(2)23(21,22)11-14-4-3-5-15(8-14)20-10-13-6-7-16(18)17(19)9-13/h3-9,12,20H,10-11H2,1-2H3. The molecule has 0 aliphatic rings. The predicted octanol–water partition coefficient (Wildman–Crippen LogP) is 3.90. The van der Waals surface area contributed by atoms with Gasteiger partial charge >= 0.3 is 0 Å². The average molecular weight is 339 g/mol. The number of benzene rings is 2. The minimum atomic E-state index is -3.16. The molecular formula is C17H19F2NO2S. The second-order valence-electron chi connectivity index (χ2n) is 5.66. The van der Waals surface area contributed by atoms with Crippen LogP contribution in [-0.4, -0.2) is 13.7 Å². The number of anilines is 1. The third-order valence-corrected chi connectivity index (χ3v) is 5.67. The van der Waals surface area contributed by atoms with Gasteiger partial charge in [0.2, 0.25) is 0 Å². The Hall–Kier alpha value is -1.95. The first kappa shape index (κ1) is 17.4. The molecule has 0 aliphatic carbocycles. The zero-order valence-electron chi connectivity index (χ0n) is 13.0. The fourth-order valence-corrected chi connectivity index (χ4v) is 3.00. The molecule has 0 radical (unpaired) electrons. The zero-order valence-corrected chi connectivity index (χ0v) is 13.8. The number of halogens is 2. The Labute approximate surface area is 135 Å². The summed E-state index contributed by atoms with van der Waals surface area (Å²) in [5.74, 6) is -1.79. The van der Waals surface area contributed by atoms with E-state index in [0.29, 0.717) is 17.7 Å². The van der Waals surface area contributed by atoms with E-state index in [4.69, 9.17) is 0 Å². The van der Waals surface area contributed by atoms with Gasteiger partial charge in [-0.25, -0.2) is 17.2 Å². The topological polar surface area (TPSA) is 46.2 Å². The Morgan fingerprint density at radius 2 is 1.74 bits per heavy atom. The van der Waals surface area contributed by atoms with Crippen LogP contribution in [0.5, 0.6) is 0 Å². The number of hydrogen-bond donors (Lipinski definition) is 1. The van der Waals surface area contributed by atoms with Gasteiger partial charge in [0.15, 0.2) is 21.5 Å². The van der Waals surface area contributed by atoms with Crippen LogP contribution >= 0.6 is 0 Å². The van der Waals surface area contributed by atoms with Crippen LogP contribution in [0.15, 0.2) is 42.5 Å². The summed E-state index contributed by atoms with van der Waals surface area (Å²) in [5.41, 5.74) is 2.02. The Bertz CT molecular complexity index is 789. The van der Waals surface area contributed by atoms with Gasteiger partial charge in [-0.3, -0.25) is 0 Å². The van der Waals surface area contributed by atoms with Crippen LogP contribution < -0.4 is 5.32 Å². The van der Waals surface area contributed by atoms with Crippen LogP contribution in [0.2, 0.25) is 0 Å². The molecule has 0 saturated heterocycles. The first-order valence-corrected chi connectivity index (χ1v) is 8.98. The third-order valence-electron chi connectivity index (χ3n) is 3.49. The summed E-state index contributed by atoms with van der Waals surface area (Å²) >= 11 is 0. The molecular weight excluding hydrogens is 320 g/mol. The summed E-state index contributed by atoms with van der Waals surface area (Å²) in [6.07, 6.45) is 0. The van der Waals surface area contributed by atoms with Crippen LogP contribution in [0.4, 0.5) is 14.5 Å². The highest BCUT2D eigenvalue weighted by molar-refractivity contribution is 7.91. The second-order valence-corrected chi connectivity index (χ2v) is 8.22. The molecule has 2 aromatic carbocycles. The van der Waals surface area contributed by atoms with E-state index in [1.807, 2.05) is 0 Å². The van der Waals surface area contributed by atoms with Crippen LogP contribution in [0.25, 0.3) is 0 Å². The fourth-order valence-electron chi connectivity index (χ4n) is 2.02. The van der Waals surface area contributed by atoms with Gasteiger partial charge in [0.1, 0.15) is 0 Å². The van der Waals surface area contributed by atoms with Crippen molar-refractivity contribution in [3.05, 3.63) is 65.2 Å². The second kappa shape index (κ2) is 7.08. The highest BCUT2D eigenvalue weighted by atomic mass is 32.2. The lowest BCUT2D eigenvalue weighted by molar-refractivity contribution is 0.507. The zero-order chi connectivity index (χ0) is 17.0. The van der Waals surface area contributed by atoms with Gasteiger partial charge in [-0.05, 0) is 49.2 Å². The molecule has 0 bridgehead atoms. The summed E-state index contributed by atoms with van der Waals surface area (Å²) in [7, 11) is -3.16. The summed E-state index contributed by atoms with van der Waals surface area (Å²) in [6.45, 7) is 3.62. The first-order valence-electron chi connectivity index (χ1n) is 7.26. The van der Waals surface area contributed by atoms with Crippen molar-refractivity contribution in [1.82, 2.24) is 0 Å². The number of nitrogens with one attached hydrogen (secondary N) is 1. The predicted molar refractivity (Wildman–Crippen MR) is 87.9 cm³/mol. The van der Waals surface area contributed by atoms with E-state index >= 15 is 0 Å². The highest BCUT2D eigenvalue weighted by Crippen LogP contribution is 2.17. The monoisotopic (exact) mass is 339 g/mol. The van der Waals surface area contributed by atoms with Crippen LogP contribution in [0.3, 0.4) is 0 Å². The van der Waals surface area contributed by atoms with E-state index in [9.17, 15) is 17.2 Å². The van der Waals surface area contributed by atoms with Gasteiger partial charge in [-0.2, -0.15) is 0 Å². The molecule has 0 fully saturated rings. The highest BCUT2D eigenvalue weighted by Gasteiger charge is 2.16. The Balaban J connectivity index is 2.07. The van der Waals surface area contributed by atoms with Crippen molar-refractivity contribution in [3.63, 3.8) is 0 Å². The molecule has 0 spiro atoms. The van der Waals surface area contributed by atoms with E-state index in [-0.39, 0.29) is 5.75 Å². The van der Waals surface area contributed by atoms with Gasteiger partial charge in [0.25, 0.3) is 0 Å². The molecule has 2 aromatic rings. The van der Waals surface area contributed by atoms with Crippen molar-refractivity contribution in [2.75, 3.05) is 5.32 Å². The molecule has 0 unspecified atom stereocenters. The van der Waals surface area contributed by atoms with Gasteiger partial charge in [-0.1, -0.05) is 18.2 Å². The molecule has 0 saturated carbocycles. The molecule has 0 aromatic heterocycles. The molecule has 0 amide bonds. The lowest BCUT2D eigenvalue weighted by atomic mass is 10.2. The summed E-state index contributed by atoms with van der Waals surface area (Å²) in [5, 5.41) is 2.65. The van der Waals surface area contributed by atoms with Crippen molar-refractivity contribution in [3.8, 4) is 0 Å². The number of rotatable bonds is 6. The Kier molecular flexibility index (Phi) is 5.36. The van der Waals surface area contributed by atoms with Crippen LogP contribution in [-0.2, 0) is 22.1 Å². The summed E-state index contributed by atoms with van der Waals surface area (Å²) in [4.78, 5) is 0. The first-order chi connectivity index (χ1) is 10.8. The molecule has 0 heterocycles. The van der Waals surface area contributed by atoms with Gasteiger partial charge in [0.05, 0.1) is 11.0 Å². The number of sulfone groups is 1. The minimum absolute atomic E-state index is 0.0225. The fraction of sp³-hybridized carbons (Fsp3) is 0.294. The Morgan fingerprint density at radius 3 is 2.39 bits per heavy atom. The maximum Gasteiger partial charge on any atom is 0.159 e. The normalized spacial score (nSPS) is 11.7. The van der Waals surface area contributed by atoms with Crippen molar-refractivity contribution >= 4 is 15.5 Å². The van der Waals surface area contributed by atoms with Gasteiger partial charge in [-0.15, -0.1) is 0 Å². The largest absolute Gasteiger partial charge is 0.381 e. The van der Waals surface area contributed by atoms with E-state index < -0.39 is 26.7 Å². The SMILES string of the molecule is CC(C)S(=O)(=O)Cc1cccc(NCc2ccc(F)c(F)c2)c1. The minimum Gasteiger partial charge on any atom is -0.381 e. The molecule has 23 heavy (non-hydrogen) atoms. The molecule has 6 heteroatoms. The van der Waals surface area contributed by atoms with Gasteiger partial charge < -0.3 is 5.32 Å². The molecule has 3 nitrogen and oxygen atoms in total. The molecule has 0 aliphatic heterocycles. The lowest BCUT2D eigenvalue weighted by Gasteiger charge is -2.11. The number of hydrogen-bond acceptors (Lipinski definition) is 3. The average Bonchev–Trinajstić information content (AvgIpc) is 2.48. The van der Waals surface area contributed by atoms with Crippen LogP contribution in [0, 0.1) is 11.6 Å². The van der Waals surface area contributed by atoms with E-state index in [1.165, 1.54) is 6.07 Å². The van der Waals surface area contributed by atoms with E-state index in [2.05, 4.69) is 5.32 Å². The summed E-state index contributed by atoms with van der Waals surface area (Å²) in [6, 6.07) is 10.8. The Morgan fingerprint density at radius 1 is 1.00 bits per heavy atom. The molecule has 124 valence electrons.